The van der Waals surface area contributed by atoms with E-state index in [-0.39, 0.29) is 34.4 Å². The summed E-state index contributed by atoms with van der Waals surface area (Å²) in [5, 5.41) is 15.2. The van der Waals surface area contributed by atoms with Crippen molar-refractivity contribution in [2.45, 2.75) is 82.0 Å². The Balaban J connectivity index is 1.25. The molecule has 1 N–H and O–H groups in total. The van der Waals surface area contributed by atoms with Gasteiger partial charge in [-0.3, -0.25) is 9.59 Å². The molecule has 0 fully saturated rings. The minimum Gasteiger partial charge on any atom is -0.483 e. The number of fused-ring (bicyclic) bond motifs is 1. The molecule has 43 heavy (non-hydrogen) atoms. The predicted molar refractivity (Wildman–Crippen MR) is 170 cm³/mol. The van der Waals surface area contributed by atoms with E-state index in [2.05, 4.69) is 74.5 Å². The van der Waals surface area contributed by atoms with E-state index in [0.29, 0.717) is 22.8 Å². The number of carbonyl (C=O) groups excluding carboxylic acids is 2. The molecule has 8 nitrogen and oxygen atoms in total. The van der Waals surface area contributed by atoms with Gasteiger partial charge in [0.2, 0.25) is 5.16 Å². The minimum absolute atomic E-state index is 0.00325. The number of anilines is 1. The SMILES string of the molecule is CCC(C)(C)c1ccc(OCC(=O)Nc2ccc3c(c2)C(=O)C(Sc2nnnn2-c2ccccc2)C3)c(C(C)(C)CC)c1. The lowest BCUT2D eigenvalue weighted by molar-refractivity contribution is -0.118. The van der Waals surface area contributed by atoms with Crippen molar-refractivity contribution in [3.8, 4) is 11.4 Å². The summed E-state index contributed by atoms with van der Waals surface area (Å²) in [5.74, 6) is 0.438. The Morgan fingerprint density at radius 2 is 1.74 bits per heavy atom. The molecule has 0 saturated carbocycles. The number of aromatic nitrogens is 4. The van der Waals surface area contributed by atoms with Crippen LogP contribution in [-0.2, 0) is 22.0 Å². The van der Waals surface area contributed by atoms with Crippen molar-refractivity contribution in [2.75, 3.05) is 11.9 Å². The van der Waals surface area contributed by atoms with E-state index < -0.39 is 0 Å². The highest BCUT2D eigenvalue weighted by molar-refractivity contribution is 8.00. The standard InChI is InChI=1S/C34H39N5O3S/c1-7-33(3,4)23-15-17-28(27(19-23)34(5,6)8-2)42-21-30(40)35-24-16-14-22-18-29(31(41)26(22)20-24)43-32-36-37-38-39(32)25-12-10-9-11-13-25/h9-17,19-20,29H,7-8,18,21H2,1-6H3,(H,35,40). The Bertz CT molecular complexity index is 1630. The summed E-state index contributed by atoms with van der Waals surface area (Å²) in [6.07, 6.45) is 2.53. The van der Waals surface area contributed by atoms with Crippen LogP contribution in [0.5, 0.6) is 5.75 Å². The molecule has 0 saturated heterocycles. The number of ether oxygens (including phenoxy) is 1. The fourth-order valence-electron chi connectivity index (χ4n) is 5.07. The first-order valence-corrected chi connectivity index (χ1v) is 15.7. The van der Waals surface area contributed by atoms with Gasteiger partial charge in [-0.1, -0.05) is 89.7 Å². The number of nitrogens with zero attached hydrogens (tertiary/aromatic N) is 4. The number of hydrogen-bond acceptors (Lipinski definition) is 7. The maximum absolute atomic E-state index is 13.4. The van der Waals surface area contributed by atoms with Crippen LogP contribution < -0.4 is 10.1 Å². The lowest BCUT2D eigenvalue weighted by Crippen LogP contribution is -2.24. The van der Waals surface area contributed by atoms with Crippen molar-refractivity contribution < 1.29 is 14.3 Å². The van der Waals surface area contributed by atoms with Gasteiger partial charge in [-0.25, -0.2) is 0 Å². The van der Waals surface area contributed by atoms with E-state index in [1.807, 2.05) is 48.5 Å². The minimum atomic E-state index is -0.348. The molecule has 5 rings (SSSR count). The molecule has 9 heteroatoms. The molecular weight excluding hydrogens is 558 g/mol. The molecule has 3 aromatic carbocycles. The molecule has 0 aliphatic heterocycles. The molecule has 1 aromatic heterocycles. The molecule has 1 heterocycles. The highest BCUT2D eigenvalue weighted by Gasteiger charge is 2.33. The third-order valence-electron chi connectivity index (χ3n) is 8.66. The number of Topliss-reactive ketones (excluding diaryl/α,β-unsaturated/α-hetero) is 1. The predicted octanol–water partition coefficient (Wildman–Crippen LogP) is 6.95. The van der Waals surface area contributed by atoms with Crippen LogP contribution in [-0.4, -0.2) is 43.8 Å². The third kappa shape index (κ3) is 6.51. The van der Waals surface area contributed by atoms with Gasteiger partial charge in [-0.2, -0.15) is 4.68 Å². The fourth-order valence-corrected chi connectivity index (χ4v) is 6.15. The molecule has 4 aromatic rings. The Kier molecular flexibility index (Phi) is 8.74. The number of thioether (sulfide) groups is 1. The summed E-state index contributed by atoms with van der Waals surface area (Å²) < 4.78 is 7.73. The second-order valence-electron chi connectivity index (χ2n) is 12.3. The Hall–Kier alpha value is -3.98. The lowest BCUT2D eigenvalue weighted by atomic mass is 9.76. The highest BCUT2D eigenvalue weighted by atomic mass is 32.2. The number of carbonyl (C=O) groups is 2. The topological polar surface area (TPSA) is 99.0 Å². The van der Waals surface area contributed by atoms with Crippen LogP contribution in [0.1, 0.15) is 81.4 Å². The van der Waals surface area contributed by atoms with Crippen LogP contribution in [0.3, 0.4) is 0 Å². The van der Waals surface area contributed by atoms with Gasteiger partial charge in [-0.15, -0.1) is 5.10 Å². The summed E-state index contributed by atoms with van der Waals surface area (Å²) in [6, 6.07) is 21.4. The Labute approximate surface area is 257 Å². The van der Waals surface area contributed by atoms with Gasteiger partial charge in [0.1, 0.15) is 5.75 Å². The molecule has 0 radical (unpaired) electrons. The first-order chi connectivity index (χ1) is 20.5. The lowest BCUT2D eigenvalue weighted by Gasteiger charge is -2.30. The van der Waals surface area contributed by atoms with E-state index in [1.165, 1.54) is 17.3 Å². The van der Waals surface area contributed by atoms with Gasteiger partial charge >= 0.3 is 0 Å². The van der Waals surface area contributed by atoms with Crippen LogP contribution in [0.2, 0.25) is 0 Å². The number of para-hydroxylation sites is 1. The molecule has 1 atom stereocenters. The van der Waals surface area contributed by atoms with Crippen LogP contribution in [0.15, 0.2) is 71.9 Å². The van der Waals surface area contributed by atoms with Crippen molar-refractivity contribution in [3.63, 3.8) is 0 Å². The quantitative estimate of drug-likeness (QED) is 0.200. The molecule has 1 aliphatic carbocycles. The zero-order chi connectivity index (χ0) is 30.8. The summed E-state index contributed by atoms with van der Waals surface area (Å²) in [7, 11) is 0. The zero-order valence-electron chi connectivity index (χ0n) is 25.7. The number of hydrogen-bond donors (Lipinski definition) is 1. The van der Waals surface area contributed by atoms with Gasteiger partial charge < -0.3 is 10.1 Å². The number of amides is 1. The second kappa shape index (κ2) is 12.3. The van der Waals surface area contributed by atoms with Gasteiger partial charge in [0.05, 0.1) is 10.9 Å². The van der Waals surface area contributed by atoms with Crippen molar-refractivity contribution in [1.29, 1.82) is 0 Å². The monoisotopic (exact) mass is 597 g/mol. The molecule has 0 spiro atoms. The number of ketones is 1. The van der Waals surface area contributed by atoms with E-state index in [1.54, 1.807) is 10.7 Å². The molecule has 1 unspecified atom stereocenters. The van der Waals surface area contributed by atoms with Gasteiger partial charge in [0.15, 0.2) is 12.4 Å². The first kappa shape index (κ1) is 30.5. The van der Waals surface area contributed by atoms with Gasteiger partial charge in [0.25, 0.3) is 5.91 Å². The van der Waals surface area contributed by atoms with E-state index in [0.717, 1.165) is 35.4 Å². The van der Waals surface area contributed by atoms with Crippen molar-refractivity contribution in [3.05, 3.63) is 89.0 Å². The highest BCUT2D eigenvalue weighted by Crippen LogP contribution is 2.39. The number of rotatable bonds is 11. The van der Waals surface area contributed by atoms with Crippen LogP contribution in [0.25, 0.3) is 5.69 Å². The van der Waals surface area contributed by atoms with Crippen molar-refractivity contribution in [1.82, 2.24) is 20.2 Å². The van der Waals surface area contributed by atoms with Crippen LogP contribution >= 0.6 is 11.8 Å². The summed E-state index contributed by atoms with van der Waals surface area (Å²) >= 11 is 1.35. The van der Waals surface area contributed by atoms with Crippen molar-refractivity contribution >= 4 is 29.1 Å². The largest absolute Gasteiger partial charge is 0.483 e. The third-order valence-corrected chi connectivity index (χ3v) is 9.79. The number of benzene rings is 3. The van der Waals surface area contributed by atoms with E-state index in [4.69, 9.17) is 4.74 Å². The summed E-state index contributed by atoms with van der Waals surface area (Å²) in [6.45, 7) is 13.1. The molecular formula is C34H39N5O3S. The number of nitrogens with one attached hydrogen (secondary N) is 1. The maximum atomic E-state index is 13.4. The first-order valence-electron chi connectivity index (χ1n) is 14.8. The molecule has 1 amide bonds. The summed E-state index contributed by atoms with van der Waals surface area (Å²) in [4.78, 5) is 26.3. The second-order valence-corrected chi connectivity index (χ2v) is 13.4. The zero-order valence-corrected chi connectivity index (χ0v) is 26.5. The smallest absolute Gasteiger partial charge is 0.262 e. The van der Waals surface area contributed by atoms with Crippen molar-refractivity contribution in [2.24, 2.45) is 0 Å². The summed E-state index contributed by atoms with van der Waals surface area (Å²) in [5.41, 5.74) is 5.25. The van der Waals surface area contributed by atoms with Gasteiger partial charge in [0, 0.05) is 16.8 Å². The molecule has 224 valence electrons. The van der Waals surface area contributed by atoms with Crippen LogP contribution in [0, 0.1) is 0 Å². The molecule has 1 aliphatic rings. The maximum Gasteiger partial charge on any atom is 0.262 e. The van der Waals surface area contributed by atoms with Crippen LogP contribution in [0.4, 0.5) is 5.69 Å². The Morgan fingerprint density at radius 1 is 1.00 bits per heavy atom. The average Bonchev–Trinajstić information content (AvgIpc) is 3.60. The average molecular weight is 598 g/mol. The number of tetrazole rings is 1. The van der Waals surface area contributed by atoms with E-state index >= 15 is 0 Å². The van der Waals surface area contributed by atoms with Gasteiger partial charge in [-0.05, 0) is 82.0 Å². The Morgan fingerprint density at radius 3 is 2.47 bits per heavy atom. The molecule has 0 bridgehead atoms. The fraction of sp³-hybridized carbons (Fsp3) is 0.382. The normalized spacial score (nSPS) is 14.9. The van der Waals surface area contributed by atoms with E-state index in [9.17, 15) is 9.59 Å².